The van der Waals surface area contributed by atoms with E-state index in [-0.39, 0.29) is 5.91 Å². The Morgan fingerprint density at radius 2 is 1.83 bits per heavy atom. The first-order chi connectivity index (χ1) is 8.75. The van der Waals surface area contributed by atoms with Gasteiger partial charge in [-0.25, -0.2) is 0 Å². The summed E-state index contributed by atoms with van der Waals surface area (Å²) in [5.74, 6) is -0.122. The van der Waals surface area contributed by atoms with E-state index in [1.807, 2.05) is 48.5 Å². The molecule has 0 aliphatic heterocycles. The van der Waals surface area contributed by atoms with E-state index in [0.29, 0.717) is 5.56 Å². The molecule has 0 saturated carbocycles. The molecule has 0 heterocycles. The molecule has 90 valence electrons. The largest absolute Gasteiger partial charge is 0.329 e. The Hall–Kier alpha value is -1.87. The van der Waals surface area contributed by atoms with E-state index in [9.17, 15) is 4.79 Å². The fourth-order valence-electron chi connectivity index (χ4n) is 1.49. The van der Waals surface area contributed by atoms with Gasteiger partial charge in [-0.1, -0.05) is 52.3 Å². The number of carbonyl (C=O) groups excluding carboxylic acids is 1. The summed E-state index contributed by atoms with van der Waals surface area (Å²) in [7, 11) is 0. The number of hydrogen-bond donors (Lipinski definition) is 1. The first-order valence-electron chi connectivity index (χ1n) is 5.54. The quantitative estimate of drug-likeness (QED) is 0.916. The fraction of sp³-hybridized carbons (Fsp3) is 0. The van der Waals surface area contributed by atoms with E-state index in [4.69, 9.17) is 0 Å². The maximum atomic E-state index is 11.8. The molecule has 3 heteroatoms. The fourth-order valence-corrected chi connectivity index (χ4v) is 1.89. The van der Waals surface area contributed by atoms with Crippen molar-refractivity contribution in [3.05, 3.63) is 76.4 Å². The summed E-state index contributed by atoms with van der Waals surface area (Å²) in [6, 6.07) is 17.1. The molecule has 2 rings (SSSR count). The van der Waals surface area contributed by atoms with Gasteiger partial charge in [-0.05, 0) is 29.8 Å². The minimum atomic E-state index is -0.122. The van der Waals surface area contributed by atoms with Gasteiger partial charge in [0.05, 0.1) is 0 Å². The normalized spacial score (nSPS) is 10.5. The van der Waals surface area contributed by atoms with Crippen LogP contribution in [0.1, 0.15) is 15.9 Å². The van der Waals surface area contributed by atoms with Gasteiger partial charge in [0.25, 0.3) is 5.91 Å². The third-order valence-corrected chi connectivity index (χ3v) is 2.87. The zero-order valence-corrected chi connectivity index (χ0v) is 11.2. The molecule has 0 atom stereocenters. The summed E-state index contributed by atoms with van der Waals surface area (Å²) in [6.45, 7) is 0. The summed E-state index contributed by atoms with van der Waals surface area (Å²) in [5.41, 5.74) is 1.68. The van der Waals surface area contributed by atoms with E-state index in [2.05, 4.69) is 21.2 Å². The molecule has 1 N–H and O–H groups in total. The molecular formula is C15H12BrNO. The van der Waals surface area contributed by atoms with Crippen LogP contribution in [0.2, 0.25) is 0 Å². The molecule has 2 aromatic rings. The van der Waals surface area contributed by atoms with Gasteiger partial charge in [0.15, 0.2) is 0 Å². The Balaban J connectivity index is 1.99. The van der Waals surface area contributed by atoms with Gasteiger partial charge in [0.2, 0.25) is 0 Å². The summed E-state index contributed by atoms with van der Waals surface area (Å²) in [6.07, 6.45) is 3.51. The van der Waals surface area contributed by atoms with E-state index >= 15 is 0 Å². The highest BCUT2D eigenvalue weighted by molar-refractivity contribution is 9.10. The monoisotopic (exact) mass is 301 g/mol. The third kappa shape index (κ3) is 3.57. The predicted octanol–water partition coefficient (Wildman–Crippen LogP) is 3.85. The van der Waals surface area contributed by atoms with Crippen LogP contribution in [0.25, 0.3) is 6.08 Å². The average Bonchev–Trinajstić information content (AvgIpc) is 2.40. The van der Waals surface area contributed by atoms with Crippen molar-refractivity contribution in [2.75, 3.05) is 0 Å². The lowest BCUT2D eigenvalue weighted by molar-refractivity contribution is 0.0970. The van der Waals surface area contributed by atoms with Gasteiger partial charge < -0.3 is 5.32 Å². The Labute approximate surface area is 114 Å². The highest BCUT2D eigenvalue weighted by Crippen LogP contribution is 2.11. The molecular weight excluding hydrogens is 290 g/mol. The van der Waals surface area contributed by atoms with Crippen LogP contribution in [-0.2, 0) is 0 Å². The highest BCUT2D eigenvalue weighted by atomic mass is 79.9. The molecule has 2 aromatic carbocycles. The van der Waals surface area contributed by atoms with Crippen LogP contribution in [0.15, 0.2) is 65.3 Å². The SMILES string of the molecule is O=C(N/C=C\c1ccccc1)c1cccc(Br)c1. The average molecular weight is 302 g/mol. The van der Waals surface area contributed by atoms with Crippen molar-refractivity contribution in [1.29, 1.82) is 0 Å². The van der Waals surface area contributed by atoms with Gasteiger partial charge in [-0.2, -0.15) is 0 Å². The molecule has 0 aliphatic carbocycles. The lowest BCUT2D eigenvalue weighted by atomic mass is 10.2. The van der Waals surface area contributed by atoms with Crippen molar-refractivity contribution >= 4 is 27.9 Å². The molecule has 18 heavy (non-hydrogen) atoms. The maximum Gasteiger partial charge on any atom is 0.255 e. The summed E-state index contributed by atoms with van der Waals surface area (Å²) < 4.78 is 0.891. The highest BCUT2D eigenvalue weighted by Gasteiger charge is 2.02. The van der Waals surface area contributed by atoms with Crippen molar-refractivity contribution in [3.63, 3.8) is 0 Å². The molecule has 0 radical (unpaired) electrons. The minimum Gasteiger partial charge on any atom is -0.329 e. The third-order valence-electron chi connectivity index (χ3n) is 2.38. The Morgan fingerprint density at radius 1 is 1.06 bits per heavy atom. The van der Waals surface area contributed by atoms with Crippen LogP contribution in [-0.4, -0.2) is 5.91 Å². The van der Waals surface area contributed by atoms with Crippen molar-refractivity contribution in [2.24, 2.45) is 0 Å². The minimum absolute atomic E-state index is 0.122. The van der Waals surface area contributed by atoms with Crippen LogP contribution < -0.4 is 5.32 Å². The summed E-state index contributed by atoms with van der Waals surface area (Å²) in [4.78, 5) is 11.8. The molecule has 0 bridgehead atoms. The number of hydrogen-bond acceptors (Lipinski definition) is 1. The van der Waals surface area contributed by atoms with Gasteiger partial charge >= 0.3 is 0 Å². The van der Waals surface area contributed by atoms with Crippen molar-refractivity contribution in [1.82, 2.24) is 5.32 Å². The predicted molar refractivity (Wildman–Crippen MR) is 77.1 cm³/mol. The van der Waals surface area contributed by atoms with Crippen LogP contribution in [0.4, 0.5) is 0 Å². The van der Waals surface area contributed by atoms with E-state index in [1.165, 1.54) is 0 Å². The molecule has 1 amide bonds. The Bertz CT molecular complexity index is 564. The number of carbonyl (C=O) groups is 1. The van der Waals surface area contributed by atoms with Crippen LogP contribution in [0.3, 0.4) is 0 Å². The number of rotatable bonds is 3. The molecule has 0 fully saturated rings. The van der Waals surface area contributed by atoms with Gasteiger partial charge in [-0.3, -0.25) is 4.79 Å². The number of halogens is 1. The summed E-state index contributed by atoms with van der Waals surface area (Å²) >= 11 is 3.34. The first-order valence-corrected chi connectivity index (χ1v) is 6.33. The maximum absolute atomic E-state index is 11.8. The second-order valence-corrected chi connectivity index (χ2v) is 4.64. The zero-order valence-electron chi connectivity index (χ0n) is 9.64. The van der Waals surface area contributed by atoms with E-state index in [1.54, 1.807) is 18.3 Å². The second kappa shape index (κ2) is 6.17. The Kier molecular flexibility index (Phi) is 4.31. The summed E-state index contributed by atoms with van der Waals surface area (Å²) in [5, 5.41) is 2.73. The topological polar surface area (TPSA) is 29.1 Å². The lowest BCUT2D eigenvalue weighted by Gasteiger charge is -2.00. The van der Waals surface area contributed by atoms with E-state index < -0.39 is 0 Å². The number of benzene rings is 2. The molecule has 2 nitrogen and oxygen atoms in total. The van der Waals surface area contributed by atoms with Crippen molar-refractivity contribution in [3.8, 4) is 0 Å². The smallest absolute Gasteiger partial charge is 0.255 e. The molecule has 0 aliphatic rings. The zero-order chi connectivity index (χ0) is 12.8. The van der Waals surface area contributed by atoms with Gasteiger partial charge in [-0.15, -0.1) is 0 Å². The van der Waals surface area contributed by atoms with Crippen LogP contribution >= 0.6 is 15.9 Å². The van der Waals surface area contributed by atoms with Gasteiger partial charge in [0.1, 0.15) is 0 Å². The molecule has 0 spiro atoms. The number of nitrogens with one attached hydrogen (secondary N) is 1. The molecule has 0 unspecified atom stereocenters. The molecule has 0 saturated heterocycles. The standard InChI is InChI=1S/C15H12BrNO/c16-14-8-4-7-13(11-14)15(18)17-10-9-12-5-2-1-3-6-12/h1-11H,(H,17,18)/b10-9-. The van der Waals surface area contributed by atoms with Crippen molar-refractivity contribution in [2.45, 2.75) is 0 Å². The van der Waals surface area contributed by atoms with Gasteiger partial charge in [0, 0.05) is 16.2 Å². The number of amides is 1. The second-order valence-electron chi connectivity index (χ2n) is 3.73. The first kappa shape index (κ1) is 12.6. The lowest BCUT2D eigenvalue weighted by Crippen LogP contribution is -2.16. The van der Waals surface area contributed by atoms with Crippen molar-refractivity contribution < 1.29 is 4.79 Å². The van der Waals surface area contributed by atoms with E-state index in [0.717, 1.165) is 10.0 Å². The molecule has 0 aromatic heterocycles. The van der Waals surface area contributed by atoms with Crippen LogP contribution in [0, 0.1) is 0 Å². The van der Waals surface area contributed by atoms with Crippen LogP contribution in [0.5, 0.6) is 0 Å². The Morgan fingerprint density at radius 3 is 2.56 bits per heavy atom.